The maximum absolute atomic E-state index is 12.8. The second kappa shape index (κ2) is 13.2. The number of amides is 2. The molecule has 0 aromatic heterocycles. The van der Waals surface area contributed by atoms with Crippen molar-refractivity contribution >= 4 is 24.1 Å². The number of nitrogens with one attached hydrogen (secondary N) is 1. The van der Waals surface area contributed by atoms with Gasteiger partial charge in [0.1, 0.15) is 18.2 Å². The molecule has 10 heteroatoms. The molecule has 0 heterocycles. The number of carbonyl (C=O) groups is 4. The van der Waals surface area contributed by atoms with Crippen molar-refractivity contribution < 1.29 is 38.1 Å². The Kier molecular flexibility index (Phi) is 11.0. The normalized spacial score (nSPS) is 11.7. The Bertz CT molecular complexity index is 761. The number of alkyl carbamates (subject to hydrolysis) is 1. The smallest absolute Gasteiger partial charge is 0.410 e. The molecule has 0 radical (unpaired) electrons. The highest BCUT2D eigenvalue weighted by Crippen LogP contribution is 2.13. The predicted molar refractivity (Wildman–Crippen MR) is 115 cm³/mol. The number of hydrogen-bond acceptors (Lipinski definition) is 8. The van der Waals surface area contributed by atoms with Crippen LogP contribution in [-0.4, -0.2) is 68.0 Å². The fraction of sp³-hybridized carbons (Fsp3) is 0.545. The van der Waals surface area contributed by atoms with E-state index in [0.717, 1.165) is 10.5 Å². The number of nitrogens with zero attached hydrogens (tertiary/aromatic N) is 1. The third-order valence-corrected chi connectivity index (χ3v) is 4.16. The molecule has 0 aliphatic rings. The van der Waals surface area contributed by atoms with Crippen LogP contribution in [0.5, 0.6) is 0 Å². The molecule has 10 nitrogen and oxygen atoms in total. The molecule has 0 aliphatic carbocycles. The average molecular weight is 453 g/mol. The van der Waals surface area contributed by atoms with Crippen molar-refractivity contribution in [3.05, 3.63) is 35.9 Å². The van der Waals surface area contributed by atoms with Gasteiger partial charge in [0.2, 0.25) is 0 Å². The van der Waals surface area contributed by atoms with Gasteiger partial charge in [0.05, 0.1) is 14.2 Å². The maximum Gasteiger partial charge on any atom is 0.410 e. The fourth-order valence-corrected chi connectivity index (χ4v) is 2.66. The second-order valence-electron chi connectivity index (χ2n) is 7.82. The number of ether oxygens (including phenoxy) is 4. The van der Waals surface area contributed by atoms with Crippen LogP contribution < -0.4 is 5.32 Å². The monoisotopic (exact) mass is 452 g/mol. The van der Waals surface area contributed by atoms with Crippen LogP contribution in [0.1, 0.15) is 39.2 Å². The highest BCUT2D eigenvalue weighted by atomic mass is 16.6. The summed E-state index contributed by atoms with van der Waals surface area (Å²) in [6.45, 7) is 5.06. The second-order valence-corrected chi connectivity index (χ2v) is 7.82. The zero-order valence-corrected chi connectivity index (χ0v) is 19.2. The average Bonchev–Trinajstić information content (AvgIpc) is 2.75. The van der Waals surface area contributed by atoms with Gasteiger partial charge in [-0.15, -0.1) is 0 Å². The Morgan fingerprint density at radius 3 is 2.25 bits per heavy atom. The van der Waals surface area contributed by atoms with Crippen molar-refractivity contribution in [2.45, 2.75) is 51.9 Å². The molecule has 32 heavy (non-hydrogen) atoms. The van der Waals surface area contributed by atoms with Crippen molar-refractivity contribution in [1.29, 1.82) is 0 Å². The van der Waals surface area contributed by atoms with Crippen LogP contribution in [0.15, 0.2) is 30.3 Å². The Morgan fingerprint density at radius 2 is 1.69 bits per heavy atom. The van der Waals surface area contributed by atoms with E-state index < -0.39 is 35.8 Å². The Labute approximate surface area is 188 Å². The van der Waals surface area contributed by atoms with Gasteiger partial charge in [-0.05, 0) is 32.8 Å². The number of esters is 2. The molecule has 1 N–H and O–H groups in total. The van der Waals surface area contributed by atoms with E-state index in [-0.39, 0.29) is 32.5 Å². The van der Waals surface area contributed by atoms with Gasteiger partial charge in [0, 0.05) is 19.5 Å². The summed E-state index contributed by atoms with van der Waals surface area (Å²) in [4.78, 5) is 49.8. The third-order valence-electron chi connectivity index (χ3n) is 4.16. The number of carbonyl (C=O) groups excluding carboxylic acids is 4. The van der Waals surface area contributed by atoms with E-state index in [1.54, 1.807) is 45.0 Å². The lowest BCUT2D eigenvalue weighted by atomic mass is 10.1. The van der Waals surface area contributed by atoms with Crippen LogP contribution in [0, 0.1) is 0 Å². The minimum atomic E-state index is -1.11. The summed E-state index contributed by atoms with van der Waals surface area (Å²) in [6.07, 6.45) is -1.61. The van der Waals surface area contributed by atoms with E-state index in [1.807, 2.05) is 6.07 Å². The van der Waals surface area contributed by atoms with E-state index in [2.05, 4.69) is 10.1 Å². The van der Waals surface area contributed by atoms with Gasteiger partial charge < -0.3 is 24.3 Å². The van der Waals surface area contributed by atoms with Crippen molar-refractivity contribution in [2.75, 3.05) is 27.3 Å². The van der Waals surface area contributed by atoms with Crippen molar-refractivity contribution in [1.82, 2.24) is 10.2 Å². The minimum absolute atomic E-state index is 0.0128. The van der Waals surface area contributed by atoms with Gasteiger partial charge in [-0.1, -0.05) is 30.3 Å². The van der Waals surface area contributed by atoms with Gasteiger partial charge in [0.15, 0.2) is 0 Å². The summed E-state index contributed by atoms with van der Waals surface area (Å²) in [6, 6.07) is 7.91. The molecule has 1 atom stereocenters. The first-order valence-corrected chi connectivity index (χ1v) is 10.2. The van der Waals surface area contributed by atoms with Crippen LogP contribution >= 0.6 is 0 Å². The number of hydrogen-bond donors (Lipinski definition) is 1. The molecule has 1 aromatic carbocycles. The summed E-state index contributed by atoms with van der Waals surface area (Å²) in [7, 11) is 2.41. The van der Waals surface area contributed by atoms with Gasteiger partial charge in [-0.3, -0.25) is 9.69 Å². The van der Waals surface area contributed by atoms with Crippen LogP contribution in [0.3, 0.4) is 0 Å². The Hall–Kier alpha value is -3.30. The molecular weight excluding hydrogens is 420 g/mol. The van der Waals surface area contributed by atoms with Crippen molar-refractivity contribution in [3.63, 3.8) is 0 Å². The SMILES string of the molecule is COC(=O)CC[C@@H](C(=O)OC)N(CCNC(=O)OC(C)(C)C)C(=O)OCc1ccccc1. The topological polar surface area (TPSA) is 120 Å². The molecule has 178 valence electrons. The number of benzene rings is 1. The minimum Gasteiger partial charge on any atom is -0.469 e. The van der Waals surface area contributed by atoms with Crippen LogP contribution in [0.4, 0.5) is 9.59 Å². The predicted octanol–water partition coefficient (Wildman–Crippen LogP) is 2.64. The van der Waals surface area contributed by atoms with E-state index in [4.69, 9.17) is 14.2 Å². The van der Waals surface area contributed by atoms with Crippen LogP contribution in [0.2, 0.25) is 0 Å². The lowest BCUT2D eigenvalue weighted by molar-refractivity contribution is -0.147. The molecule has 1 aromatic rings. The van der Waals surface area contributed by atoms with E-state index in [1.165, 1.54) is 14.2 Å². The van der Waals surface area contributed by atoms with E-state index in [9.17, 15) is 19.2 Å². The van der Waals surface area contributed by atoms with Gasteiger partial charge in [-0.25, -0.2) is 14.4 Å². The largest absolute Gasteiger partial charge is 0.469 e. The summed E-state index contributed by atoms with van der Waals surface area (Å²) >= 11 is 0. The van der Waals surface area contributed by atoms with Gasteiger partial charge in [0.25, 0.3) is 0 Å². The third kappa shape index (κ3) is 10.1. The first-order chi connectivity index (χ1) is 15.1. The zero-order chi connectivity index (χ0) is 24.1. The maximum atomic E-state index is 12.8. The molecule has 1 rings (SSSR count). The van der Waals surface area contributed by atoms with Crippen LogP contribution in [0.25, 0.3) is 0 Å². The molecule has 2 amide bonds. The van der Waals surface area contributed by atoms with E-state index in [0.29, 0.717) is 0 Å². The lowest BCUT2D eigenvalue weighted by Gasteiger charge is -2.29. The molecule has 0 aliphatic heterocycles. The number of rotatable bonds is 10. The Balaban J connectivity index is 2.91. The molecule has 0 saturated carbocycles. The highest BCUT2D eigenvalue weighted by Gasteiger charge is 2.32. The molecule has 0 saturated heterocycles. The molecule has 0 unspecified atom stereocenters. The fourth-order valence-electron chi connectivity index (χ4n) is 2.66. The zero-order valence-electron chi connectivity index (χ0n) is 19.2. The highest BCUT2D eigenvalue weighted by molar-refractivity contribution is 5.82. The van der Waals surface area contributed by atoms with Gasteiger partial charge >= 0.3 is 24.1 Å². The van der Waals surface area contributed by atoms with Crippen molar-refractivity contribution in [2.24, 2.45) is 0 Å². The molecule has 0 spiro atoms. The van der Waals surface area contributed by atoms with Gasteiger partial charge in [-0.2, -0.15) is 0 Å². The number of methoxy groups -OCH3 is 2. The van der Waals surface area contributed by atoms with Crippen LogP contribution in [-0.2, 0) is 35.1 Å². The summed E-state index contributed by atoms with van der Waals surface area (Å²) in [5, 5.41) is 2.53. The summed E-state index contributed by atoms with van der Waals surface area (Å²) in [5.74, 6) is -1.26. The van der Waals surface area contributed by atoms with Crippen molar-refractivity contribution in [3.8, 4) is 0 Å². The lowest BCUT2D eigenvalue weighted by Crippen LogP contribution is -2.49. The summed E-state index contributed by atoms with van der Waals surface area (Å²) < 4.78 is 20.0. The quantitative estimate of drug-likeness (QED) is 0.425. The molecule has 0 bridgehead atoms. The molecular formula is C22H32N2O8. The first kappa shape index (κ1) is 26.7. The van der Waals surface area contributed by atoms with E-state index >= 15 is 0 Å². The summed E-state index contributed by atoms with van der Waals surface area (Å²) in [5.41, 5.74) is 0.0739. The molecule has 0 fully saturated rings. The first-order valence-electron chi connectivity index (χ1n) is 10.2. The standard InChI is InChI=1S/C22H32N2O8/c1-22(2,3)32-20(27)23-13-14-24(17(19(26)30-5)11-12-18(25)29-4)21(28)31-15-16-9-7-6-8-10-16/h6-10,17H,11-15H2,1-5H3,(H,23,27)/t17-/m0/s1. The Morgan fingerprint density at radius 1 is 1.03 bits per heavy atom.